The Morgan fingerprint density at radius 1 is 1.45 bits per heavy atom. The summed E-state index contributed by atoms with van der Waals surface area (Å²) in [7, 11) is 0. The van der Waals surface area contributed by atoms with Crippen LogP contribution in [-0.4, -0.2) is 32.4 Å². The zero-order valence-corrected chi connectivity index (χ0v) is 12.7. The van der Waals surface area contributed by atoms with E-state index < -0.39 is 0 Å². The van der Waals surface area contributed by atoms with Crippen molar-refractivity contribution in [2.45, 2.75) is 39.2 Å². The molecule has 1 aromatic carbocycles. The molecule has 0 aromatic heterocycles. The smallest absolute Gasteiger partial charge is 0.119 e. The molecule has 0 bridgehead atoms. The zero-order valence-electron chi connectivity index (χ0n) is 12.7. The molecule has 1 fully saturated rings. The van der Waals surface area contributed by atoms with Gasteiger partial charge in [0.1, 0.15) is 5.75 Å². The molecule has 20 heavy (non-hydrogen) atoms. The van der Waals surface area contributed by atoms with E-state index in [0.29, 0.717) is 12.0 Å². The van der Waals surface area contributed by atoms with Gasteiger partial charge in [0, 0.05) is 12.6 Å². The van der Waals surface area contributed by atoms with Crippen LogP contribution in [0.25, 0.3) is 0 Å². The van der Waals surface area contributed by atoms with Crippen LogP contribution >= 0.6 is 0 Å². The number of hydrogen-bond acceptors (Lipinski definition) is 3. The van der Waals surface area contributed by atoms with Crippen molar-refractivity contribution in [2.75, 3.05) is 26.4 Å². The van der Waals surface area contributed by atoms with E-state index in [0.717, 1.165) is 38.5 Å². The Labute approximate surface area is 122 Å². The molecule has 0 radical (unpaired) electrons. The molecule has 3 nitrogen and oxygen atoms in total. The van der Waals surface area contributed by atoms with Gasteiger partial charge in [0.05, 0.1) is 13.2 Å². The second-order valence-electron chi connectivity index (χ2n) is 5.60. The minimum atomic E-state index is 0.505. The van der Waals surface area contributed by atoms with Gasteiger partial charge >= 0.3 is 0 Å². The largest absolute Gasteiger partial charge is 0.494 e. The minimum absolute atomic E-state index is 0.505. The summed E-state index contributed by atoms with van der Waals surface area (Å²) in [5, 5.41) is 3.59. The molecular weight excluding hydrogens is 250 g/mol. The van der Waals surface area contributed by atoms with Gasteiger partial charge in [-0.05, 0) is 56.3 Å². The highest BCUT2D eigenvalue weighted by Gasteiger charge is 2.23. The van der Waals surface area contributed by atoms with Crippen LogP contribution in [-0.2, 0) is 4.74 Å². The summed E-state index contributed by atoms with van der Waals surface area (Å²) >= 11 is 0. The SMILES string of the molecule is CCNC(CCOc1cccc(C)c1)C1CCCOC1. The average Bonchev–Trinajstić information content (AvgIpc) is 2.47. The average molecular weight is 277 g/mol. The topological polar surface area (TPSA) is 30.5 Å². The van der Waals surface area contributed by atoms with Crippen molar-refractivity contribution in [3.8, 4) is 5.75 Å². The van der Waals surface area contributed by atoms with E-state index in [4.69, 9.17) is 9.47 Å². The Bertz CT molecular complexity index is 388. The van der Waals surface area contributed by atoms with E-state index in [2.05, 4.69) is 31.3 Å². The highest BCUT2D eigenvalue weighted by atomic mass is 16.5. The van der Waals surface area contributed by atoms with Gasteiger partial charge in [-0.2, -0.15) is 0 Å². The first-order chi connectivity index (χ1) is 9.79. The Kier molecular flexibility index (Phi) is 6.34. The Balaban J connectivity index is 1.79. The monoisotopic (exact) mass is 277 g/mol. The number of benzene rings is 1. The van der Waals surface area contributed by atoms with Crippen LogP contribution < -0.4 is 10.1 Å². The van der Waals surface area contributed by atoms with Gasteiger partial charge in [0.2, 0.25) is 0 Å². The van der Waals surface area contributed by atoms with Gasteiger partial charge in [-0.1, -0.05) is 19.1 Å². The van der Waals surface area contributed by atoms with Crippen LogP contribution in [0.2, 0.25) is 0 Å². The lowest BCUT2D eigenvalue weighted by atomic mass is 9.92. The first kappa shape index (κ1) is 15.3. The molecule has 0 aliphatic carbocycles. The molecule has 2 unspecified atom stereocenters. The number of ether oxygens (including phenoxy) is 2. The second kappa shape index (κ2) is 8.28. The maximum Gasteiger partial charge on any atom is 0.119 e. The van der Waals surface area contributed by atoms with Crippen molar-refractivity contribution < 1.29 is 9.47 Å². The molecule has 1 heterocycles. The molecule has 3 heteroatoms. The third-order valence-electron chi connectivity index (χ3n) is 3.92. The van der Waals surface area contributed by atoms with Crippen molar-refractivity contribution in [1.29, 1.82) is 0 Å². The summed E-state index contributed by atoms with van der Waals surface area (Å²) in [5.74, 6) is 1.60. The third kappa shape index (κ3) is 4.80. The van der Waals surface area contributed by atoms with Crippen LogP contribution in [0.5, 0.6) is 5.75 Å². The summed E-state index contributed by atoms with van der Waals surface area (Å²) in [6.07, 6.45) is 3.49. The molecule has 112 valence electrons. The fraction of sp³-hybridized carbons (Fsp3) is 0.647. The first-order valence-corrected chi connectivity index (χ1v) is 7.80. The maximum atomic E-state index is 5.87. The molecule has 1 aromatic rings. The van der Waals surface area contributed by atoms with Gasteiger partial charge in [0.25, 0.3) is 0 Å². The van der Waals surface area contributed by atoms with E-state index in [9.17, 15) is 0 Å². The standard InChI is InChI=1S/C17H27NO2/c1-3-18-17(15-7-5-10-19-13-15)9-11-20-16-8-4-6-14(2)12-16/h4,6,8,12,15,17-18H,3,5,7,9-11,13H2,1-2H3. The van der Waals surface area contributed by atoms with Crippen LogP contribution in [0.1, 0.15) is 31.7 Å². The van der Waals surface area contributed by atoms with Gasteiger partial charge < -0.3 is 14.8 Å². The number of nitrogens with one attached hydrogen (secondary N) is 1. The van der Waals surface area contributed by atoms with E-state index in [1.807, 2.05) is 12.1 Å². The molecular formula is C17H27NO2. The summed E-state index contributed by atoms with van der Waals surface area (Å²) < 4.78 is 11.5. The quantitative estimate of drug-likeness (QED) is 0.830. The number of hydrogen-bond donors (Lipinski definition) is 1. The maximum absolute atomic E-state index is 5.87. The van der Waals surface area contributed by atoms with E-state index in [1.165, 1.54) is 18.4 Å². The van der Waals surface area contributed by atoms with Crippen molar-refractivity contribution in [3.05, 3.63) is 29.8 Å². The highest BCUT2D eigenvalue weighted by molar-refractivity contribution is 5.27. The number of aryl methyl sites for hydroxylation is 1. The molecule has 1 N–H and O–H groups in total. The summed E-state index contributed by atoms with van der Waals surface area (Å²) in [6, 6.07) is 8.75. The van der Waals surface area contributed by atoms with Gasteiger partial charge in [0.15, 0.2) is 0 Å². The fourth-order valence-corrected chi connectivity index (χ4v) is 2.86. The Morgan fingerprint density at radius 2 is 2.35 bits per heavy atom. The molecule has 2 rings (SSSR count). The molecule has 2 atom stereocenters. The molecule has 1 aliphatic rings. The molecule has 1 saturated heterocycles. The van der Waals surface area contributed by atoms with E-state index in [1.54, 1.807) is 0 Å². The fourth-order valence-electron chi connectivity index (χ4n) is 2.86. The zero-order chi connectivity index (χ0) is 14.2. The van der Waals surface area contributed by atoms with Gasteiger partial charge in [-0.3, -0.25) is 0 Å². The van der Waals surface area contributed by atoms with Crippen molar-refractivity contribution >= 4 is 0 Å². The lowest BCUT2D eigenvalue weighted by Crippen LogP contribution is -2.41. The molecule has 0 amide bonds. The second-order valence-corrected chi connectivity index (χ2v) is 5.60. The number of rotatable bonds is 7. The lowest BCUT2D eigenvalue weighted by molar-refractivity contribution is 0.0360. The summed E-state index contributed by atoms with van der Waals surface area (Å²) in [4.78, 5) is 0. The van der Waals surface area contributed by atoms with Crippen LogP contribution in [0.4, 0.5) is 0 Å². The summed E-state index contributed by atoms with van der Waals surface area (Å²) in [6.45, 7) is 7.84. The molecule has 0 saturated carbocycles. The van der Waals surface area contributed by atoms with E-state index in [-0.39, 0.29) is 0 Å². The normalized spacial score (nSPS) is 20.6. The van der Waals surface area contributed by atoms with Crippen molar-refractivity contribution in [1.82, 2.24) is 5.32 Å². The van der Waals surface area contributed by atoms with Crippen molar-refractivity contribution in [2.24, 2.45) is 5.92 Å². The Morgan fingerprint density at radius 3 is 3.05 bits per heavy atom. The van der Waals surface area contributed by atoms with Gasteiger partial charge in [-0.15, -0.1) is 0 Å². The summed E-state index contributed by atoms with van der Waals surface area (Å²) in [5.41, 5.74) is 1.24. The van der Waals surface area contributed by atoms with Crippen molar-refractivity contribution in [3.63, 3.8) is 0 Å². The Hall–Kier alpha value is -1.06. The van der Waals surface area contributed by atoms with Crippen LogP contribution in [0.15, 0.2) is 24.3 Å². The van der Waals surface area contributed by atoms with E-state index >= 15 is 0 Å². The van der Waals surface area contributed by atoms with Crippen LogP contribution in [0.3, 0.4) is 0 Å². The highest BCUT2D eigenvalue weighted by Crippen LogP contribution is 2.20. The predicted molar refractivity (Wildman–Crippen MR) is 82.3 cm³/mol. The molecule has 0 spiro atoms. The third-order valence-corrected chi connectivity index (χ3v) is 3.92. The van der Waals surface area contributed by atoms with Crippen LogP contribution in [0, 0.1) is 12.8 Å². The van der Waals surface area contributed by atoms with Gasteiger partial charge in [-0.25, -0.2) is 0 Å². The predicted octanol–water partition coefficient (Wildman–Crippen LogP) is 3.17. The lowest BCUT2D eigenvalue weighted by Gasteiger charge is -2.30. The minimum Gasteiger partial charge on any atom is -0.494 e. The molecule has 1 aliphatic heterocycles. The first-order valence-electron chi connectivity index (χ1n) is 7.80.